The minimum atomic E-state index is -1.10. The van der Waals surface area contributed by atoms with Gasteiger partial charge in [-0.1, -0.05) is 12.1 Å². The molecule has 88 valence electrons. The van der Waals surface area contributed by atoms with Crippen molar-refractivity contribution in [1.29, 1.82) is 0 Å². The summed E-state index contributed by atoms with van der Waals surface area (Å²) in [6.07, 6.45) is 4.31. The van der Waals surface area contributed by atoms with E-state index in [1.165, 1.54) is 12.4 Å². The van der Waals surface area contributed by atoms with Crippen LogP contribution in [-0.2, 0) is 0 Å². The molecule has 0 unspecified atom stereocenters. The van der Waals surface area contributed by atoms with E-state index in [-0.39, 0.29) is 5.69 Å². The van der Waals surface area contributed by atoms with Crippen LogP contribution < -0.4 is 0 Å². The van der Waals surface area contributed by atoms with Crippen LogP contribution in [0.2, 0.25) is 0 Å². The van der Waals surface area contributed by atoms with Crippen molar-refractivity contribution < 1.29 is 9.90 Å². The molecule has 0 aliphatic heterocycles. The zero-order valence-corrected chi connectivity index (χ0v) is 9.19. The number of aromatic carboxylic acids is 1. The van der Waals surface area contributed by atoms with Crippen molar-refractivity contribution in [1.82, 2.24) is 19.5 Å². The van der Waals surface area contributed by atoms with Gasteiger partial charge in [0.05, 0.1) is 23.4 Å². The number of nitrogens with zero attached hydrogens (tertiary/aromatic N) is 4. The number of carbonyl (C=O) groups is 1. The second-order valence-electron chi connectivity index (χ2n) is 3.67. The summed E-state index contributed by atoms with van der Waals surface area (Å²) in [5.41, 5.74) is 1.58. The SMILES string of the molecule is O=C(O)c1cncc(-n2cnc3ccccc32)n1. The molecule has 6 nitrogen and oxygen atoms in total. The molecule has 1 N–H and O–H groups in total. The Morgan fingerprint density at radius 1 is 1.22 bits per heavy atom. The molecule has 3 aromatic rings. The fourth-order valence-corrected chi connectivity index (χ4v) is 1.72. The smallest absolute Gasteiger partial charge is 0.356 e. The molecule has 0 bridgehead atoms. The van der Waals surface area contributed by atoms with Crippen LogP contribution in [-0.4, -0.2) is 30.6 Å². The summed E-state index contributed by atoms with van der Waals surface area (Å²) in [5, 5.41) is 8.89. The van der Waals surface area contributed by atoms with Crippen LogP contribution in [0.25, 0.3) is 16.9 Å². The minimum absolute atomic E-state index is 0.0923. The molecule has 0 fully saturated rings. The molecule has 2 heterocycles. The topological polar surface area (TPSA) is 80.9 Å². The Bertz CT molecular complexity index is 736. The number of para-hydroxylation sites is 2. The molecule has 3 rings (SSSR count). The molecule has 0 amide bonds. The van der Waals surface area contributed by atoms with Crippen molar-refractivity contribution in [2.24, 2.45) is 0 Å². The third-order valence-corrected chi connectivity index (χ3v) is 2.54. The van der Waals surface area contributed by atoms with Crippen LogP contribution in [0.5, 0.6) is 0 Å². The molecule has 0 saturated heterocycles. The Labute approximate surface area is 102 Å². The van der Waals surface area contributed by atoms with E-state index in [1.54, 1.807) is 10.9 Å². The third kappa shape index (κ3) is 1.60. The first kappa shape index (κ1) is 10.4. The van der Waals surface area contributed by atoms with Gasteiger partial charge < -0.3 is 5.11 Å². The van der Waals surface area contributed by atoms with Crippen LogP contribution in [0.3, 0.4) is 0 Å². The number of benzene rings is 1. The van der Waals surface area contributed by atoms with E-state index in [0.29, 0.717) is 5.82 Å². The zero-order chi connectivity index (χ0) is 12.5. The lowest BCUT2D eigenvalue weighted by atomic mass is 10.3. The number of aromatic nitrogens is 4. The Hall–Kier alpha value is -2.76. The maximum Gasteiger partial charge on any atom is 0.356 e. The predicted molar refractivity (Wildman–Crippen MR) is 63.6 cm³/mol. The lowest BCUT2D eigenvalue weighted by molar-refractivity contribution is 0.0690. The Kier molecular flexibility index (Phi) is 2.26. The van der Waals surface area contributed by atoms with Gasteiger partial charge in [-0.15, -0.1) is 0 Å². The average molecular weight is 240 g/mol. The summed E-state index contributed by atoms with van der Waals surface area (Å²) in [5.74, 6) is -0.669. The molecule has 1 aromatic carbocycles. The lowest BCUT2D eigenvalue weighted by Crippen LogP contribution is -2.05. The van der Waals surface area contributed by atoms with Gasteiger partial charge in [-0.05, 0) is 12.1 Å². The van der Waals surface area contributed by atoms with Gasteiger partial charge in [0.15, 0.2) is 11.5 Å². The molecular weight excluding hydrogens is 232 g/mol. The second-order valence-corrected chi connectivity index (χ2v) is 3.67. The molecule has 0 aliphatic rings. The summed E-state index contributed by atoms with van der Waals surface area (Å²) < 4.78 is 1.70. The first-order valence-corrected chi connectivity index (χ1v) is 5.23. The molecule has 0 saturated carbocycles. The molecule has 2 aromatic heterocycles. The fraction of sp³-hybridized carbons (Fsp3) is 0. The van der Waals surface area contributed by atoms with E-state index < -0.39 is 5.97 Å². The number of imidazole rings is 1. The molecule has 0 spiro atoms. The highest BCUT2D eigenvalue weighted by atomic mass is 16.4. The number of fused-ring (bicyclic) bond motifs is 1. The maximum atomic E-state index is 10.9. The van der Waals surface area contributed by atoms with Gasteiger partial charge in [-0.25, -0.2) is 14.8 Å². The fourth-order valence-electron chi connectivity index (χ4n) is 1.72. The Balaban J connectivity index is 2.20. The molecule has 6 heteroatoms. The minimum Gasteiger partial charge on any atom is -0.476 e. The molecular formula is C12H8N4O2. The van der Waals surface area contributed by atoms with Crippen LogP contribution in [0.1, 0.15) is 10.5 Å². The standard InChI is InChI=1S/C12H8N4O2/c17-12(18)9-5-13-6-11(15-9)16-7-14-8-3-1-2-4-10(8)16/h1-7H,(H,17,18). The van der Waals surface area contributed by atoms with Crippen molar-refractivity contribution in [3.8, 4) is 5.82 Å². The van der Waals surface area contributed by atoms with Crippen LogP contribution >= 0.6 is 0 Å². The van der Waals surface area contributed by atoms with E-state index >= 15 is 0 Å². The summed E-state index contributed by atoms with van der Waals surface area (Å²) in [6.45, 7) is 0. The number of carboxylic acids is 1. The maximum absolute atomic E-state index is 10.9. The van der Waals surface area contributed by atoms with Crippen LogP contribution in [0.15, 0.2) is 43.0 Å². The number of hydrogen-bond acceptors (Lipinski definition) is 4. The summed E-state index contributed by atoms with van der Waals surface area (Å²) >= 11 is 0. The van der Waals surface area contributed by atoms with Gasteiger partial charge in [0, 0.05) is 0 Å². The molecule has 0 aliphatic carbocycles. The van der Waals surface area contributed by atoms with Gasteiger partial charge >= 0.3 is 5.97 Å². The normalized spacial score (nSPS) is 10.7. The highest BCUT2D eigenvalue weighted by Gasteiger charge is 2.09. The van der Waals surface area contributed by atoms with Gasteiger partial charge in [-0.2, -0.15) is 0 Å². The van der Waals surface area contributed by atoms with Crippen LogP contribution in [0.4, 0.5) is 0 Å². The molecule has 0 atom stereocenters. The average Bonchev–Trinajstić information content (AvgIpc) is 2.82. The first-order valence-electron chi connectivity index (χ1n) is 5.23. The van der Waals surface area contributed by atoms with Gasteiger partial charge in [-0.3, -0.25) is 9.55 Å². The van der Waals surface area contributed by atoms with E-state index in [9.17, 15) is 4.79 Å². The van der Waals surface area contributed by atoms with Crippen molar-refractivity contribution in [2.75, 3.05) is 0 Å². The van der Waals surface area contributed by atoms with Gasteiger partial charge in [0.25, 0.3) is 0 Å². The van der Waals surface area contributed by atoms with E-state index in [2.05, 4.69) is 15.0 Å². The molecule has 18 heavy (non-hydrogen) atoms. The van der Waals surface area contributed by atoms with Crippen molar-refractivity contribution in [3.63, 3.8) is 0 Å². The number of hydrogen-bond donors (Lipinski definition) is 1. The lowest BCUT2D eigenvalue weighted by Gasteiger charge is -2.03. The Morgan fingerprint density at radius 3 is 2.89 bits per heavy atom. The van der Waals surface area contributed by atoms with E-state index in [1.807, 2.05) is 24.3 Å². The number of carboxylic acid groups (broad SMARTS) is 1. The molecule has 0 radical (unpaired) electrons. The second kappa shape index (κ2) is 3.92. The highest BCUT2D eigenvalue weighted by Crippen LogP contribution is 2.15. The third-order valence-electron chi connectivity index (χ3n) is 2.54. The van der Waals surface area contributed by atoms with Gasteiger partial charge in [0.2, 0.25) is 0 Å². The monoisotopic (exact) mass is 240 g/mol. The predicted octanol–water partition coefficient (Wildman–Crippen LogP) is 1.51. The van der Waals surface area contributed by atoms with E-state index in [4.69, 9.17) is 5.11 Å². The largest absolute Gasteiger partial charge is 0.476 e. The zero-order valence-electron chi connectivity index (χ0n) is 9.19. The van der Waals surface area contributed by atoms with Crippen LogP contribution in [0, 0.1) is 0 Å². The van der Waals surface area contributed by atoms with Crippen molar-refractivity contribution in [3.05, 3.63) is 48.7 Å². The Morgan fingerprint density at radius 2 is 2.06 bits per heavy atom. The quantitative estimate of drug-likeness (QED) is 0.734. The van der Waals surface area contributed by atoms with Crippen molar-refractivity contribution >= 4 is 17.0 Å². The first-order chi connectivity index (χ1) is 8.75. The van der Waals surface area contributed by atoms with E-state index in [0.717, 1.165) is 11.0 Å². The summed E-state index contributed by atoms with van der Waals surface area (Å²) in [7, 11) is 0. The summed E-state index contributed by atoms with van der Waals surface area (Å²) in [4.78, 5) is 23.0. The van der Waals surface area contributed by atoms with Crippen molar-refractivity contribution in [2.45, 2.75) is 0 Å². The highest BCUT2D eigenvalue weighted by molar-refractivity contribution is 5.85. The van der Waals surface area contributed by atoms with Gasteiger partial charge in [0.1, 0.15) is 6.33 Å². The summed E-state index contributed by atoms with van der Waals surface area (Å²) in [6, 6.07) is 7.53. The number of rotatable bonds is 2.